The molecule has 0 aromatic rings. The van der Waals surface area contributed by atoms with Gasteiger partial charge in [-0.2, -0.15) is 0 Å². The maximum atomic E-state index is 12.2. The normalized spacial score (nSPS) is 21.8. The number of carbonyl (C=O) groups excluding carboxylic acids is 1. The summed E-state index contributed by atoms with van der Waals surface area (Å²) in [6.07, 6.45) is 12.3. The topological polar surface area (TPSA) is 65.5 Å². The van der Waals surface area contributed by atoms with Crippen molar-refractivity contribution in [3.63, 3.8) is 0 Å². The average molecular weight is 322 g/mol. The number of hydrogen-bond donors (Lipinski definition) is 3. The highest BCUT2D eigenvalue weighted by Gasteiger charge is 2.20. The molecule has 0 heterocycles. The van der Waals surface area contributed by atoms with Crippen LogP contribution in [0, 0.1) is 0 Å². The van der Waals surface area contributed by atoms with E-state index in [-0.39, 0.29) is 11.6 Å². The fourth-order valence-corrected chi connectivity index (χ4v) is 3.42. The number of nitrogens with one attached hydrogen (secondary N) is 3. The molecule has 0 atom stereocenters. The number of aliphatic imine (C=N–C) groups is 1. The van der Waals surface area contributed by atoms with Crippen molar-refractivity contribution >= 4 is 12.0 Å². The molecule has 0 aliphatic heterocycles. The highest BCUT2D eigenvalue weighted by Crippen LogP contribution is 2.21. The van der Waals surface area contributed by atoms with E-state index >= 15 is 0 Å². The van der Waals surface area contributed by atoms with Crippen LogP contribution >= 0.6 is 0 Å². The zero-order chi connectivity index (χ0) is 16.7. The number of guanidine groups is 1. The van der Waals surface area contributed by atoms with Crippen LogP contribution in [0.2, 0.25) is 0 Å². The molecule has 2 aliphatic carbocycles. The van der Waals surface area contributed by atoms with E-state index in [4.69, 9.17) is 4.99 Å². The fraction of sp³-hybridized carbons (Fsp3) is 0.889. The van der Waals surface area contributed by atoms with Crippen LogP contribution in [0.15, 0.2) is 4.99 Å². The van der Waals surface area contributed by atoms with Crippen LogP contribution in [-0.2, 0) is 0 Å². The van der Waals surface area contributed by atoms with Crippen molar-refractivity contribution in [3.8, 4) is 0 Å². The molecule has 2 fully saturated rings. The fourth-order valence-electron chi connectivity index (χ4n) is 3.42. The second-order valence-corrected chi connectivity index (χ2v) is 8.08. The van der Waals surface area contributed by atoms with Crippen molar-refractivity contribution in [2.75, 3.05) is 0 Å². The van der Waals surface area contributed by atoms with Crippen molar-refractivity contribution in [1.82, 2.24) is 16.0 Å². The summed E-state index contributed by atoms with van der Waals surface area (Å²) < 4.78 is 0. The molecule has 0 aromatic heterocycles. The second kappa shape index (κ2) is 8.55. The lowest BCUT2D eigenvalue weighted by Crippen LogP contribution is -2.53. The van der Waals surface area contributed by atoms with Crippen LogP contribution in [0.5, 0.6) is 0 Å². The van der Waals surface area contributed by atoms with Gasteiger partial charge in [0.1, 0.15) is 0 Å². The molecule has 0 aromatic carbocycles. The van der Waals surface area contributed by atoms with Crippen molar-refractivity contribution in [2.45, 2.75) is 103 Å². The van der Waals surface area contributed by atoms with Gasteiger partial charge in [0, 0.05) is 11.6 Å². The Hall–Kier alpha value is -1.26. The summed E-state index contributed by atoms with van der Waals surface area (Å²) in [5.74, 6) is 0.672. The van der Waals surface area contributed by atoms with Crippen molar-refractivity contribution < 1.29 is 4.79 Å². The molecule has 0 radical (unpaired) electrons. The standard InChI is InChI=1S/C18H34N4O/c1-18(2,3)22-17(23)21-16(19-14-10-6-4-7-11-14)20-15-12-8-5-9-13-15/h14-15H,4-13H2,1-3H3,(H3,19,20,21,22,23). The van der Waals surface area contributed by atoms with E-state index in [9.17, 15) is 4.79 Å². The number of urea groups is 1. The molecule has 0 spiro atoms. The highest BCUT2D eigenvalue weighted by molar-refractivity contribution is 5.96. The van der Waals surface area contributed by atoms with Gasteiger partial charge in [-0.25, -0.2) is 9.79 Å². The molecule has 5 heteroatoms. The lowest BCUT2D eigenvalue weighted by atomic mass is 9.95. The molecule has 3 N–H and O–H groups in total. The summed E-state index contributed by atoms with van der Waals surface area (Å²) in [5, 5.41) is 9.41. The monoisotopic (exact) mass is 322 g/mol. The Bertz CT molecular complexity index is 402. The van der Waals surface area contributed by atoms with Crippen molar-refractivity contribution in [3.05, 3.63) is 0 Å². The molecular weight excluding hydrogens is 288 g/mol. The molecule has 132 valence electrons. The van der Waals surface area contributed by atoms with Gasteiger partial charge in [-0.15, -0.1) is 0 Å². The van der Waals surface area contributed by atoms with Gasteiger partial charge in [0.2, 0.25) is 0 Å². The minimum atomic E-state index is -0.245. The van der Waals surface area contributed by atoms with Crippen LogP contribution in [-0.4, -0.2) is 29.6 Å². The van der Waals surface area contributed by atoms with Crippen molar-refractivity contribution in [1.29, 1.82) is 0 Å². The summed E-state index contributed by atoms with van der Waals surface area (Å²) in [7, 11) is 0. The Morgan fingerprint density at radius 2 is 1.48 bits per heavy atom. The molecule has 0 bridgehead atoms. The molecule has 2 saturated carbocycles. The predicted molar refractivity (Wildman–Crippen MR) is 95.7 cm³/mol. The summed E-state index contributed by atoms with van der Waals surface area (Å²) in [4.78, 5) is 17.0. The number of nitrogens with zero attached hydrogens (tertiary/aromatic N) is 1. The maximum absolute atomic E-state index is 12.2. The zero-order valence-corrected chi connectivity index (χ0v) is 15.1. The summed E-state index contributed by atoms with van der Waals surface area (Å²) in [6, 6.07) is 0.626. The van der Waals surface area contributed by atoms with Gasteiger partial charge in [0.25, 0.3) is 0 Å². The van der Waals surface area contributed by atoms with Gasteiger partial charge in [-0.1, -0.05) is 38.5 Å². The van der Waals surface area contributed by atoms with Crippen LogP contribution in [0.1, 0.15) is 85.0 Å². The third kappa shape index (κ3) is 7.23. The lowest BCUT2D eigenvalue weighted by Gasteiger charge is -2.27. The van der Waals surface area contributed by atoms with E-state index in [2.05, 4.69) is 16.0 Å². The van der Waals surface area contributed by atoms with E-state index in [1.54, 1.807) is 0 Å². The molecule has 5 nitrogen and oxygen atoms in total. The summed E-state index contributed by atoms with van der Waals surface area (Å²) >= 11 is 0. The number of amides is 2. The minimum Gasteiger partial charge on any atom is -0.353 e. The third-order valence-electron chi connectivity index (χ3n) is 4.55. The number of hydrogen-bond acceptors (Lipinski definition) is 2. The summed E-state index contributed by atoms with van der Waals surface area (Å²) in [6.45, 7) is 5.96. The molecule has 23 heavy (non-hydrogen) atoms. The van der Waals surface area contributed by atoms with Gasteiger partial charge in [0.15, 0.2) is 5.96 Å². The molecule has 2 amide bonds. The second-order valence-electron chi connectivity index (χ2n) is 8.08. The SMILES string of the molecule is CC(C)(C)NC(=O)NC(=NC1CCCCC1)NC1CCCCC1. The van der Waals surface area contributed by atoms with Gasteiger partial charge < -0.3 is 10.6 Å². The first kappa shape index (κ1) is 18.1. The van der Waals surface area contributed by atoms with E-state index in [0.717, 1.165) is 12.8 Å². The van der Waals surface area contributed by atoms with E-state index in [0.29, 0.717) is 18.0 Å². The Morgan fingerprint density at radius 3 is 2.04 bits per heavy atom. The Labute approximate surface area is 141 Å². The Kier molecular flexibility index (Phi) is 6.72. The van der Waals surface area contributed by atoms with Gasteiger partial charge in [-0.05, 0) is 46.5 Å². The Morgan fingerprint density at radius 1 is 0.913 bits per heavy atom. The first-order valence-electron chi connectivity index (χ1n) is 9.36. The van der Waals surface area contributed by atoms with Gasteiger partial charge in [-0.3, -0.25) is 5.32 Å². The van der Waals surface area contributed by atoms with E-state index in [1.165, 1.54) is 51.4 Å². The quantitative estimate of drug-likeness (QED) is 0.536. The number of rotatable bonds is 2. The molecular formula is C18H34N4O. The van der Waals surface area contributed by atoms with Crippen LogP contribution in [0.4, 0.5) is 4.79 Å². The van der Waals surface area contributed by atoms with Crippen LogP contribution in [0.25, 0.3) is 0 Å². The molecule has 0 unspecified atom stereocenters. The third-order valence-corrected chi connectivity index (χ3v) is 4.55. The minimum absolute atomic E-state index is 0.171. The maximum Gasteiger partial charge on any atom is 0.321 e. The molecule has 2 aliphatic rings. The summed E-state index contributed by atoms with van der Waals surface area (Å²) in [5.41, 5.74) is -0.245. The number of carbonyl (C=O) groups is 1. The Balaban J connectivity index is 1.97. The lowest BCUT2D eigenvalue weighted by molar-refractivity contribution is 0.236. The van der Waals surface area contributed by atoms with Crippen LogP contribution < -0.4 is 16.0 Å². The van der Waals surface area contributed by atoms with Gasteiger partial charge in [0.05, 0.1) is 6.04 Å². The molecule has 2 rings (SSSR count). The van der Waals surface area contributed by atoms with Crippen molar-refractivity contribution in [2.24, 2.45) is 4.99 Å². The van der Waals surface area contributed by atoms with Crippen LogP contribution in [0.3, 0.4) is 0 Å². The predicted octanol–water partition coefficient (Wildman–Crippen LogP) is 3.70. The van der Waals surface area contributed by atoms with Gasteiger partial charge >= 0.3 is 6.03 Å². The molecule has 0 saturated heterocycles. The largest absolute Gasteiger partial charge is 0.353 e. The first-order valence-corrected chi connectivity index (χ1v) is 9.36. The first-order chi connectivity index (χ1) is 10.9. The van der Waals surface area contributed by atoms with E-state index in [1.807, 2.05) is 20.8 Å². The average Bonchev–Trinajstić information content (AvgIpc) is 2.47. The smallest absolute Gasteiger partial charge is 0.321 e. The van der Waals surface area contributed by atoms with E-state index < -0.39 is 0 Å². The zero-order valence-electron chi connectivity index (χ0n) is 15.1. The highest BCUT2D eigenvalue weighted by atomic mass is 16.2.